The van der Waals surface area contributed by atoms with Crippen molar-refractivity contribution >= 4 is 0 Å². The predicted molar refractivity (Wildman–Crippen MR) is 249 cm³/mol. The molecule has 0 saturated carbocycles. The zero-order chi connectivity index (χ0) is 40.1. The van der Waals surface area contributed by atoms with Gasteiger partial charge < -0.3 is 0 Å². The third-order valence-corrected chi connectivity index (χ3v) is 11.2. The summed E-state index contributed by atoms with van der Waals surface area (Å²) in [5.41, 5.74) is 20.0. The van der Waals surface area contributed by atoms with Gasteiger partial charge in [0.2, 0.25) is 0 Å². The van der Waals surface area contributed by atoms with E-state index in [0.29, 0.717) is 0 Å². The third kappa shape index (κ3) is 7.32. The average Bonchev–Trinajstić information content (AvgIpc) is 3.35. The molecule has 3 heteroatoms. The number of aromatic nitrogens is 3. The molecular formula is C57H39N3. The van der Waals surface area contributed by atoms with Crippen LogP contribution in [0.25, 0.3) is 100 Å². The monoisotopic (exact) mass is 765 g/mol. The summed E-state index contributed by atoms with van der Waals surface area (Å²) >= 11 is 0. The molecule has 10 aromatic rings. The summed E-state index contributed by atoms with van der Waals surface area (Å²) in [6.45, 7) is 0. The Hall–Kier alpha value is -8.01. The van der Waals surface area contributed by atoms with Gasteiger partial charge in [-0.25, -0.2) is 0 Å². The second-order valence-corrected chi connectivity index (χ2v) is 14.8. The highest BCUT2D eigenvalue weighted by Gasteiger charge is 2.19. The molecule has 0 fully saturated rings. The molecule has 7 aromatic carbocycles. The molecule has 0 spiro atoms. The topological polar surface area (TPSA) is 38.7 Å². The summed E-state index contributed by atoms with van der Waals surface area (Å²) < 4.78 is 0. The van der Waals surface area contributed by atoms with Crippen molar-refractivity contribution in [1.82, 2.24) is 15.0 Å². The van der Waals surface area contributed by atoms with Crippen LogP contribution >= 0.6 is 0 Å². The van der Waals surface area contributed by atoms with Crippen LogP contribution in [0.15, 0.2) is 237 Å². The maximum absolute atomic E-state index is 5.12. The standard InChI is InChI=1S/C57H39N3/c1-3-15-40(16-4-1)41-27-29-42(30-28-41)55-36-57(43-17-5-2-6-18-43)60-39-56(55)54-26-12-11-25-53(54)48-34-46(51-23-9-7-21-49(51)44-19-13-31-58-37-44)33-47(35-48)52-24-10-8-22-50(52)45-20-14-32-59-38-45/h1-39H. The zero-order valence-corrected chi connectivity index (χ0v) is 32.9. The Bertz CT molecular complexity index is 2950. The predicted octanol–water partition coefficient (Wildman–Crippen LogP) is 14.9. The summed E-state index contributed by atoms with van der Waals surface area (Å²) in [5.74, 6) is 0. The first kappa shape index (κ1) is 36.3. The van der Waals surface area contributed by atoms with E-state index < -0.39 is 0 Å². The van der Waals surface area contributed by atoms with E-state index in [0.717, 1.165) is 89.1 Å². The summed E-state index contributed by atoms with van der Waals surface area (Å²) in [7, 11) is 0. The fourth-order valence-electron chi connectivity index (χ4n) is 8.23. The van der Waals surface area contributed by atoms with Crippen LogP contribution < -0.4 is 0 Å². The third-order valence-electron chi connectivity index (χ3n) is 11.2. The van der Waals surface area contributed by atoms with Gasteiger partial charge in [0.05, 0.1) is 5.69 Å². The van der Waals surface area contributed by atoms with Gasteiger partial charge in [0.1, 0.15) is 0 Å². The van der Waals surface area contributed by atoms with Crippen LogP contribution in [0.1, 0.15) is 0 Å². The first-order valence-electron chi connectivity index (χ1n) is 20.2. The number of hydrogen-bond donors (Lipinski definition) is 0. The number of rotatable bonds is 9. The van der Waals surface area contributed by atoms with E-state index >= 15 is 0 Å². The summed E-state index contributed by atoms with van der Waals surface area (Å²) in [6, 6.07) is 73.4. The summed E-state index contributed by atoms with van der Waals surface area (Å²) in [6.07, 6.45) is 9.59. The number of benzene rings is 7. The van der Waals surface area contributed by atoms with E-state index in [1.54, 1.807) is 0 Å². The maximum atomic E-state index is 5.12. The van der Waals surface area contributed by atoms with E-state index in [-0.39, 0.29) is 0 Å². The van der Waals surface area contributed by atoms with Crippen LogP contribution in [0, 0.1) is 0 Å². The molecule has 60 heavy (non-hydrogen) atoms. The van der Waals surface area contributed by atoms with Crippen molar-refractivity contribution in [2.24, 2.45) is 0 Å². The highest BCUT2D eigenvalue weighted by Crippen LogP contribution is 2.44. The molecule has 0 atom stereocenters. The van der Waals surface area contributed by atoms with Gasteiger partial charge in [-0.05, 0) is 109 Å². The van der Waals surface area contributed by atoms with Crippen molar-refractivity contribution in [1.29, 1.82) is 0 Å². The second-order valence-electron chi connectivity index (χ2n) is 14.8. The SMILES string of the molecule is c1ccc(-c2ccc(-c3cc(-c4ccccc4)ncc3-c3ccccc3-c3cc(-c4ccccc4-c4cccnc4)cc(-c4ccccc4-c4cccnc4)c3)cc2)cc1. The number of nitrogens with zero attached hydrogens (tertiary/aromatic N) is 3. The molecule has 0 unspecified atom stereocenters. The van der Waals surface area contributed by atoms with E-state index in [1.165, 1.54) is 11.1 Å². The molecular weight excluding hydrogens is 727 g/mol. The molecule has 282 valence electrons. The smallest absolute Gasteiger partial charge is 0.0708 e. The lowest BCUT2D eigenvalue weighted by Crippen LogP contribution is -1.94. The molecule has 0 aliphatic heterocycles. The van der Waals surface area contributed by atoms with E-state index in [4.69, 9.17) is 4.98 Å². The lowest BCUT2D eigenvalue weighted by molar-refractivity contribution is 1.32. The molecule has 0 N–H and O–H groups in total. The van der Waals surface area contributed by atoms with Crippen LogP contribution in [0.3, 0.4) is 0 Å². The molecule has 0 aliphatic carbocycles. The van der Waals surface area contributed by atoms with Crippen molar-refractivity contribution in [2.75, 3.05) is 0 Å². The minimum Gasteiger partial charge on any atom is -0.264 e. The molecule has 3 nitrogen and oxygen atoms in total. The zero-order valence-electron chi connectivity index (χ0n) is 32.9. The normalized spacial score (nSPS) is 11.0. The fourth-order valence-corrected chi connectivity index (χ4v) is 8.23. The fraction of sp³-hybridized carbons (Fsp3) is 0. The molecule has 10 rings (SSSR count). The van der Waals surface area contributed by atoms with E-state index in [1.807, 2.05) is 43.0 Å². The highest BCUT2D eigenvalue weighted by molar-refractivity contribution is 5.97. The Kier molecular flexibility index (Phi) is 9.97. The molecule has 3 heterocycles. The molecule has 0 radical (unpaired) electrons. The summed E-state index contributed by atoms with van der Waals surface area (Å²) in [5, 5.41) is 0. The van der Waals surface area contributed by atoms with E-state index in [2.05, 4.69) is 204 Å². The van der Waals surface area contributed by atoms with Gasteiger partial charge in [-0.2, -0.15) is 0 Å². The van der Waals surface area contributed by atoms with Crippen LogP contribution in [0.4, 0.5) is 0 Å². The van der Waals surface area contributed by atoms with Crippen molar-refractivity contribution in [2.45, 2.75) is 0 Å². The van der Waals surface area contributed by atoms with Crippen LogP contribution in [0.5, 0.6) is 0 Å². The van der Waals surface area contributed by atoms with Gasteiger partial charge in [0.15, 0.2) is 0 Å². The Morgan fingerprint density at radius 2 is 0.600 bits per heavy atom. The van der Waals surface area contributed by atoms with Crippen molar-refractivity contribution in [3.63, 3.8) is 0 Å². The Morgan fingerprint density at radius 1 is 0.217 bits per heavy atom. The van der Waals surface area contributed by atoms with Gasteiger partial charge in [-0.3, -0.25) is 15.0 Å². The maximum Gasteiger partial charge on any atom is 0.0708 e. The average molecular weight is 766 g/mol. The number of pyridine rings is 3. The summed E-state index contributed by atoms with van der Waals surface area (Å²) in [4.78, 5) is 14.1. The van der Waals surface area contributed by atoms with Crippen molar-refractivity contribution in [3.05, 3.63) is 237 Å². The van der Waals surface area contributed by atoms with Gasteiger partial charge in [0, 0.05) is 53.2 Å². The molecule has 0 aliphatic rings. The van der Waals surface area contributed by atoms with Crippen molar-refractivity contribution < 1.29 is 0 Å². The first-order valence-corrected chi connectivity index (χ1v) is 20.2. The Labute approximate surface area is 351 Å². The highest BCUT2D eigenvalue weighted by atomic mass is 14.7. The van der Waals surface area contributed by atoms with Crippen LogP contribution in [-0.2, 0) is 0 Å². The molecule has 0 amide bonds. The van der Waals surface area contributed by atoms with Gasteiger partial charge in [0.25, 0.3) is 0 Å². The molecule has 0 bridgehead atoms. The minimum absolute atomic E-state index is 0.933. The van der Waals surface area contributed by atoms with Gasteiger partial charge in [-0.1, -0.05) is 170 Å². The van der Waals surface area contributed by atoms with E-state index in [9.17, 15) is 0 Å². The van der Waals surface area contributed by atoms with Crippen molar-refractivity contribution in [3.8, 4) is 100 Å². The minimum atomic E-state index is 0.933. The van der Waals surface area contributed by atoms with Gasteiger partial charge >= 0.3 is 0 Å². The van der Waals surface area contributed by atoms with Crippen LogP contribution in [0.2, 0.25) is 0 Å². The first-order chi connectivity index (χ1) is 29.8. The number of hydrogen-bond acceptors (Lipinski definition) is 3. The molecule has 0 saturated heterocycles. The lowest BCUT2D eigenvalue weighted by Gasteiger charge is -2.19. The largest absolute Gasteiger partial charge is 0.264 e. The van der Waals surface area contributed by atoms with Crippen LogP contribution in [-0.4, -0.2) is 15.0 Å². The Morgan fingerprint density at radius 3 is 1.08 bits per heavy atom. The second kappa shape index (κ2) is 16.5. The molecule has 3 aromatic heterocycles. The van der Waals surface area contributed by atoms with Gasteiger partial charge in [-0.15, -0.1) is 0 Å². The quantitative estimate of drug-likeness (QED) is 0.147. The lowest BCUT2D eigenvalue weighted by atomic mass is 9.85. The Balaban J connectivity index is 1.19.